The van der Waals surface area contributed by atoms with E-state index in [2.05, 4.69) is 25.3 Å². The Morgan fingerprint density at radius 1 is 1.22 bits per heavy atom. The molecule has 3 aromatic rings. The van der Waals surface area contributed by atoms with Gasteiger partial charge in [0.2, 0.25) is 11.9 Å². The smallest absolute Gasteiger partial charge is 0.223 e. The Morgan fingerprint density at radius 2 is 2.15 bits per heavy atom. The number of likely N-dealkylation sites (tertiary alicyclic amines) is 1. The maximum atomic E-state index is 11.7. The van der Waals surface area contributed by atoms with E-state index in [1.807, 2.05) is 24.0 Å². The summed E-state index contributed by atoms with van der Waals surface area (Å²) in [5, 5.41) is 3.19. The SMILES string of the molecule is Cc1ccc(-c2nc(NCCN3CCCC3=O)ncc2-c2cnccn2)o1. The fraction of sp³-hybridized carbons (Fsp3) is 0.316. The molecule has 1 N–H and O–H groups in total. The van der Waals surface area contributed by atoms with Gasteiger partial charge in [-0.15, -0.1) is 0 Å². The highest BCUT2D eigenvalue weighted by Gasteiger charge is 2.20. The van der Waals surface area contributed by atoms with Gasteiger partial charge in [-0.1, -0.05) is 0 Å². The monoisotopic (exact) mass is 364 g/mol. The number of hydrogen-bond donors (Lipinski definition) is 1. The summed E-state index contributed by atoms with van der Waals surface area (Å²) in [6, 6.07) is 3.77. The first-order valence-corrected chi connectivity index (χ1v) is 8.92. The Morgan fingerprint density at radius 3 is 2.85 bits per heavy atom. The van der Waals surface area contributed by atoms with E-state index in [9.17, 15) is 4.79 Å². The molecule has 0 atom stereocenters. The van der Waals surface area contributed by atoms with Crippen LogP contribution in [-0.2, 0) is 4.79 Å². The lowest BCUT2D eigenvalue weighted by Crippen LogP contribution is -2.30. The van der Waals surface area contributed by atoms with Crippen molar-refractivity contribution in [3.63, 3.8) is 0 Å². The normalized spacial score (nSPS) is 14.0. The number of aromatic nitrogens is 4. The van der Waals surface area contributed by atoms with Gasteiger partial charge in [-0.3, -0.25) is 14.8 Å². The maximum Gasteiger partial charge on any atom is 0.223 e. The molecule has 4 heterocycles. The summed E-state index contributed by atoms with van der Waals surface area (Å²) in [5.74, 6) is 2.14. The quantitative estimate of drug-likeness (QED) is 0.718. The van der Waals surface area contributed by atoms with Crippen molar-refractivity contribution >= 4 is 11.9 Å². The fourth-order valence-corrected chi connectivity index (χ4v) is 3.09. The Hall–Kier alpha value is -3.29. The van der Waals surface area contributed by atoms with Crippen LogP contribution >= 0.6 is 0 Å². The second-order valence-corrected chi connectivity index (χ2v) is 6.37. The molecule has 4 rings (SSSR count). The molecule has 1 aliphatic heterocycles. The van der Waals surface area contributed by atoms with Gasteiger partial charge in [0.25, 0.3) is 0 Å². The lowest BCUT2D eigenvalue weighted by molar-refractivity contribution is -0.127. The third kappa shape index (κ3) is 3.79. The number of anilines is 1. The van der Waals surface area contributed by atoms with Crippen molar-refractivity contribution in [2.75, 3.05) is 25.0 Å². The number of rotatable bonds is 6. The summed E-state index contributed by atoms with van der Waals surface area (Å²) in [6.07, 6.45) is 8.22. The Balaban J connectivity index is 1.58. The Kier molecular flexibility index (Phi) is 4.78. The first kappa shape index (κ1) is 17.1. The molecule has 0 aliphatic carbocycles. The highest BCUT2D eigenvalue weighted by molar-refractivity contribution is 5.78. The van der Waals surface area contributed by atoms with E-state index in [0.29, 0.717) is 42.6 Å². The van der Waals surface area contributed by atoms with Crippen LogP contribution < -0.4 is 5.32 Å². The zero-order chi connectivity index (χ0) is 18.6. The van der Waals surface area contributed by atoms with Crippen LogP contribution in [0.4, 0.5) is 5.95 Å². The molecule has 0 radical (unpaired) electrons. The average molecular weight is 364 g/mol. The largest absolute Gasteiger partial charge is 0.460 e. The van der Waals surface area contributed by atoms with Gasteiger partial charge in [-0.25, -0.2) is 9.97 Å². The molecule has 27 heavy (non-hydrogen) atoms. The molecule has 0 saturated carbocycles. The van der Waals surface area contributed by atoms with Crippen molar-refractivity contribution in [3.05, 3.63) is 42.7 Å². The van der Waals surface area contributed by atoms with Crippen molar-refractivity contribution in [3.8, 4) is 22.7 Å². The van der Waals surface area contributed by atoms with Crippen LogP contribution in [0.5, 0.6) is 0 Å². The number of amides is 1. The fourth-order valence-electron chi connectivity index (χ4n) is 3.09. The topological polar surface area (TPSA) is 97.0 Å². The van der Waals surface area contributed by atoms with Gasteiger partial charge in [-0.2, -0.15) is 0 Å². The second kappa shape index (κ2) is 7.53. The lowest BCUT2D eigenvalue weighted by Gasteiger charge is -2.16. The summed E-state index contributed by atoms with van der Waals surface area (Å²) in [7, 11) is 0. The number of carbonyl (C=O) groups excluding carboxylic acids is 1. The number of furan rings is 1. The van der Waals surface area contributed by atoms with Crippen LogP contribution in [0, 0.1) is 6.92 Å². The minimum Gasteiger partial charge on any atom is -0.460 e. The number of aryl methyl sites for hydroxylation is 1. The first-order chi connectivity index (χ1) is 13.2. The highest BCUT2D eigenvalue weighted by atomic mass is 16.3. The van der Waals surface area contributed by atoms with E-state index in [1.165, 1.54) is 0 Å². The molecular weight excluding hydrogens is 344 g/mol. The van der Waals surface area contributed by atoms with Crippen LogP contribution in [-0.4, -0.2) is 50.4 Å². The van der Waals surface area contributed by atoms with E-state index in [0.717, 1.165) is 24.3 Å². The molecule has 3 aromatic heterocycles. The van der Waals surface area contributed by atoms with E-state index in [4.69, 9.17) is 4.42 Å². The minimum atomic E-state index is 0.211. The highest BCUT2D eigenvalue weighted by Crippen LogP contribution is 2.30. The molecular formula is C19H20N6O2. The molecule has 1 aliphatic rings. The number of nitrogens with zero attached hydrogens (tertiary/aromatic N) is 5. The summed E-state index contributed by atoms with van der Waals surface area (Å²) < 4.78 is 5.77. The van der Waals surface area contributed by atoms with Crippen LogP contribution in [0.15, 0.2) is 41.3 Å². The maximum absolute atomic E-state index is 11.7. The van der Waals surface area contributed by atoms with Crippen molar-refractivity contribution in [1.29, 1.82) is 0 Å². The number of hydrogen-bond acceptors (Lipinski definition) is 7. The number of nitrogens with one attached hydrogen (secondary N) is 1. The van der Waals surface area contributed by atoms with Crippen molar-refractivity contribution in [2.24, 2.45) is 0 Å². The predicted molar refractivity (Wildman–Crippen MR) is 99.8 cm³/mol. The molecule has 0 bridgehead atoms. The van der Waals surface area contributed by atoms with Crippen LogP contribution in [0.1, 0.15) is 18.6 Å². The molecule has 0 spiro atoms. The molecule has 0 unspecified atom stereocenters. The third-order valence-electron chi connectivity index (χ3n) is 4.44. The zero-order valence-electron chi connectivity index (χ0n) is 15.1. The molecule has 0 aromatic carbocycles. The van der Waals surface area contributed by atoms with Gasteiger partial charge in [0.1, 0.15) is 11.5 Å². The second-order valence-electron chi connectivity index (χ2n) is 6.37. The molecule has 1 fully saturated rings. The van der Waals surface area contributed by atoms with Gasteiger partial charge in [0.05, 0.1) is 11.9 Å². The number of carbonyl (C=O) groups is 1. The van der Waals surface area contributed by atoms with Crippen LogP contribution in [0.3, 0.4) is 0 Å². The van der Waals surface area contributed by atoms with Crippen molar-refractivity contribution in [2.45, 2.75) is 19.8 Å². The summed E-state index contributed by atoms with van der Waals surface area (Å²) >= 11 is 0. The standard InChI is InChI=1S/C19H20N6O2/c1-13-4-5-16(27-13)18-14(15-12-20-6-7-21-15)11-23-19(24-18)22-8-10-25-9-2-3-17(25)26/h4-7,11-12H,2-3,8-10H2,1H3,(H,22,23,24). The minimum absolute atomic E-state index is 0.211. The summed E-state index contributed by atoms with van der Waals surface area (Å²) in [4.78, 5) is 31.1. The van der Waals surface area contributed by atoms with Gasteiger partial charge in [0.15, 0.2) is 5.76 Å². The third-order valence-corrected chi connectivity index (χ3v) is 4.44. The molecule has 8 nitrogen and oxygen atoms in total. The molecule has 138 valence electrons. The van der Waals surface area contributed by atoms with Crippen LogP contribution in [0.2, 0.25) is 0 Å². The zero-order valence-corrected chi connectivity index (χ0v) is 15.1. The lowest BCUT2D eigenvalue weighted by atomic mass is 10.1. The molecule has 8 heteroatoms. The summed E-state index contributed by atoms with van der Waals surface area (Å²) in [6.45, 7) is 3.94. The van der Waals surface area contributed by atoms with Crippen molar-refractivity contribution < 1.29 is 9.21 Å². The van der Waals surface area contributed by atoms with E-state index in [-0.39, 0.29) is 5.91 Å². The summed E-state index contributed by atoms with van der Waals surface area (Å²) in [5.41, 5.74) is 2.08. The first-order valence-electron chi connectivity index (χ1n) is 8.92. The average Bonchev–Trinajstić information content (AvgIpc) is 3.31. The van der Waals surface area contributed by atoms with Crippen LogP contribution in [0.25, 0.3) is 22.7 Å². The van der Waals surface area contributed by atoms with Gasteiger partial charge < -0.3 is 14.6 Å². The Bertz CT molecular complexity index is 940. The Labute approximate surface area is 156 Å². The molecule has 1 saturated heterocycles. The van der Waals surface area contributed by atoms with Gasteiger partial charge >= 0.3 is 0 Å². The predicted octanol–water partition coefficient (Wildman–Crippen LogP) is 2.54. The van der Waals surface area contributed by atoms with Gasteiger partial charge in [0, 0.05) is 50.2 Å². The van der Waals surface area contributed by atoms with Crippen molar-refractivity contribution in [1.82, 2.24) is 24.8 Å². The van der Waals surface area contributed by atoms with E-state index < -0.39 is 0 Å². The van der Waals surface area contributed by atoms with Gasteiger partial charge in [-0.05, 0) is 25.5 Å². The molecule has 1 amide bonds. The van der Waals surface area contributed by atoms with E-state index >= 15 is 0 Å². The van der Waals surface area contributed by atoms with E-state index in [1.54, 1.807) is 24.8 Å².